The van der Waals surface area contributed by atoms with E-state index in [1.54, 1.807) is 41.9 Å². The number of nitrogens with zero attached hydrogens (tertiary/aromatic N) is 5. The summed E-state index contributed by atoms with van der Waals surface area (Å²) in [4.78, 5) is 38.2. The molecule has 3 aromatic carbocycles. The molecular weight excluding hydrogens is 574 g/mol. The molecule has 216 valence electrons. The summed E-state index contributed by atoms with van der Waals surface area (Å²) < 4.78 is 1.75. The van der Waals surface area contributed by atoms with Crippen LogP contribution in [0.4, 0.5) is 0 Å². The summed E-state index contributed by atoms with van der Waals surface area (Å²) in [5, 5.41) is 16.9. The Morgan fingerprint density at radius 3 is 2.20 bits per heavy atom. The Bertz CT molecular complexity index is 2140. The number of fused-ring (bicyclic) bond motifs is 4. The van der Waals surface area contributed by atoms with Crippen molar-refractivity contribution in [2.24, 2.45) is 0 Å². The van der Waals surface area contributed by atoms with Crippen molar-refractivity contribution in [1.29, 1.82) is 0 Å². The molecule has 0 unspecified atom stereocenters. The number of amides is 2. The highest BCUT2D eigenvalue weighted by atomic mass is 35.5. The normalized spacial score (nSPS) is 21.2. The fourth-order valence-electron chi connectivity index (χ4n) is 6.97. The molecule has 44 heavy (non-hydrogen) atoms. The van der Waals surface area contributed by atoms with Crippen molar-refractivity contribution in [2.75, 3.05) is 0 Å². The van der Waals surface area contributed by atoms with E-state index >= 15 is 0 Å². The average molecular weight is 600 g/mol. The maximum atomic E-state index is 13.6. The van der Waals surface area contributed by atoms with E-state index in [1.165, 1.54) is 4.90 Å². The van der Waals surface area contributed by atoms with Crippen LogP contribution in [0.3, 0.4) is 0 Å². The van der Waals surface area contributed by atoms with Gasteiger partial charge in [0.25, 0.3) is 11.8 Å². The molecule has 9 heteroatoms. The molecule has 4 heterocycles. The van der Waals surface area contributed by atoms with Crippen LogP contribution in [0, 0.1) is 6.92 Å². The molecule has 0 bridgehead atoms. The number of benzene rings is 3. The highest BCUT2D eigenvalue weighted by Crippen LogP contribution is 2.54. The molecule has 8 rings (SSSR count). The topological polar surface area (TPSA) is 101 Å². The molecule has 1 saturated carbocycles. The van der Waals surface area contributed by atoms with Crippen LogP contribution in [0.25, 0.3) is 39.1 Å². The Morgan fingerprint density at radius 2 is 1.55 bits per heavy atom. The molecule has 6 aromatic rings. The predicted molar refractivity (Wildman–Crippen MR) is 167 cm³/mol. The molecule has 1 aliphatic carbocycles. The van der Waals surface area contributed by atoms with Crippen LogP contribution >= 0.6 is 11.6 Å². The summed E-state index contributed by atoms with van der Waals surface area (Å²) in [5.74, 6) is -0.673. The molecule has 1 aliphatic heterocycles. The third kappa shape index (κ3) is 3.91. The van der Waals surface area contributed by atoms with Gasteiger partial charge in [-0.1, -0.05) is 60.1 Å². The lowest BCUT2D eigenvalue weighted by atomic mass is 9.61. The molecular formula is C35H26ClN5O3. The maximum absolute atomic E-state index is 13.6. The van der Waals surface area contributed by atoms with Crippen molar-refractivity contribution in [3.63, 3.8) is 0 Å². The second-order valence-electron chi connectivity index (χ2n) is 12.1. The van der Waals surface area contributed by atoms with Gasteiger partial charge >= 0.3 is 0 Å². The third-order valence-corrected chi connectivity index (χ3v) is 9.02. The Kier molecular flexibility index (Phi) is 5.63. The summed E-state index contributed by atoms with van der Waals surface area (Å²) in [5.41, 5.74) is 5.15. The van der Waals surface area contributed by atoms with Crippen molar-refractivity contribution in [3.05, 3.63) is 119 Å². The molecule has 0 atom stereocenters. The van der Waals surface area contributed by atoms with E-state index < -0.39 is 11.1 Å². The number of pyridine rings is 1. The highest BCUT2D eigenvalue weighted by Gasteiger charge is 2.60. The van der Waals surface area contributed by atoms with Crippen LogP contribution in [0.5, 0.6) is 0 Å². The van der Waals surface area contributed by atoms with Crippen LogP contribution < -0.4 is 0 Å². The van der Waals surface area contributed by atoms with Gasteiger partial charge in [-0.25, -0.2) is 9.97 Å². The fraction of sp³-hybridized carbons (Fsp3) is 0.171. The number of halogens is 1. The molecule has 2 aliphatic rings. The van der Waals surface area contributed by atoms with Gasteiger partial charge < -0.3 is 5.11 Å². The fourth-order valence-corrected chi connectivity index (χ4v) is 7.16. The quantitative estimate of drug-likeness (QED) is 0.229. The van der Waals surface area contributed by atoms with Crippen molar-refractivity contribution in [2.45, 2.75) is 37.8 Å². The van der Waals surface area contributed by atoms with Gasteiger partial charge in [0.2, 0.25) is 0 Å². The van der Waals surface area contributed by atoms with E-state index in [0.29, 0.717) is 27.4 Å². The van der Waals surface area contributed by atoms with Gasteiger partial charge in [0.15, 0.2) is 11.3 Å². The minimum Gasteiger partial charge on any atom is -0.390 e. The number of aliphatic hydroxyl groups is 1. The average Bonchev–Trinajstić information content (AvgIpc) is 3.51. The first kappa shape index (κ1) is 26.7. The molecule has 1 fully saturated rings. The Hall–Kier alpha value is -4.92. The maximum Gasteiger partial charge on any atom is 0.262 e. The lowest BCUT2D eigenvalue weighted by molar-refractivity contribution is -0.118. The first-order valence-electron chi connectivity index (χ1n) is 14.4. The molecule has 8 nitrogen and oxygen atoms in total. The van der Waals surface area contributed by atoms with E-state index in [4.69, 9.17) is 16.6 Å². The summed E-state index contributed by atoms with van der Waals surface area (Å²) in [6, 6.07) is 26.2. The van der Waals surface area contributed by atoms with Crippen LogP contribution in [0.2, 0.25) is 5.02 Å². The van der Waals surface area contributed by atoms with Crippen molar-refractivity contribution in [3.8, 4) is 22.4 Å². The molecule has 0 saturated heterocycles. The molecule has 0 spiro atoms. The standard InChI is InChI=1S/C35H26ClN5O3/c1-20-14-29-37-17-23-16-28(22-6-5-7-25(36)15-22)30(38-31(23)41(29)39-20)21-10-12-24(13-11-21)35(18-34(2,44)19-35)40-32(42)26-8-3-4-9-27(26)33(40)43/h3-17,44H,18-19H2,1-2H3. The van der Waals surface area contributed by atoms with E-state index in [1.807, 2.05) is 67.6 Å². The predicted octanol–water partition coefficient (Wildman–Crippen LogP) is 6.61. The lowest BCUT2D eigenvalue weighted by Crippen LogP contribution is -2.63. The van der Waals surface area contributed by atoms with Gasteiger partial charge in [-0.2, -0.15) is 9.61 Å². The number of carbonyl (C=O) groups excluding carboxylic acids is 2. The third-order valence-electron chi connectivity index (χ3n) is 8.78. The number of rotatable bonds is 4. The number of aryl methyl sites for hydroxylation is 1. The van der Waals surface area contributed by atoms with Crippen molar-refractivity contribution in [1.82, 2.24) is 24.5 Å². The first-order chi connectivity index (χ1) is 21.1. The largest absolute Gasteiger partial charge is 0.390 e. The zero-order valence-electron chi connectivity index (χ0n) is 24.0. The summed E-state index contributed by atoms with van der Waals surface area (Å²) >= 11 is 6.40. The van der Waals surface area contributed by atoms with E-state index in [9.17, 15) is 14.7 Å². The highest BCUT2D eigenvalue weighted by molar-refractivity contribution is 6.30. The van der Waals surface area contributed by atoms with Gasteiger partial charge in [0, 0.05) is 46.6 Å². The molecule has 2 amide bonds. The van der Waals surface area contributed by atoms with E-state index in [-0.39, 0.29) is 24.7 Å². The SMILES string of the molecule is Cc1cc2ncc3cc(-c4cccc(Cl)c4)c(-c4ccc(C5(N6C(=O)c7ccccc7C6=O)CC(C)(O)C5)cc4)nc3n2n1. The molecule has 0 radical (unpaired) electrons. The Balaban J connectivity index is 1.28. The summed E-state index contributed by atoms with van der Waals surface area (Å²) in [7, 11) is 0. The number of hydrogen-bond donors (Lipinski definition) is 1. The smallest absolute Gasteiger partial charge is 0.262 e. The van der Waals surface area contributed by atoms with Crippen molar-refractivity contribution >= 4 is 40.1 Å². The monoisotopic (exact) mass is 599 g/mol. The minimum absolute atomic E-state index is 0.246. The summed E-state index contributed by atoms with van der Waals surface area (Å²) in [6.45, 7) is 3.66. The number of imide groups is 1. The number of hydrogen-bond acceptors (Lipinski definition) is 6. The molecule has 3 aromatic heterocycles. The first-order valence-corrected chi connectivity index (χ1v) is 14.7. The van der Waals surface area contributed by atoms with Crippen molar-refractivity contribution < 1.29 is 14.7 Å². The number of carbonyl (C=O) groups is 2. The summed E-state index contributed by atoms with van der Waals surface area (Å²) in [6.07, 6.45) is 2.29. The minimum atomic E-state index is -1.01. The zero-order chi connectivity index (χ0) is 30.4. The Morgan fingerprint density at radius 1 is 0.841 bits per heavy atom. The van der Waals surface area contributed by atoms with Crippen LogP contribution in [-0.2, 0) is 5.54 Å². The second-order valence-corrected chi connectivity index (χ2v) is 12.5. The molecule has 1 N–H and O–H groups in total. The van der Waals surface area contributed by atoms with Gasteiger partial charge in [-0.15, -0.1) is 0 Å². The number of aromatic nitrogens is 4. The van der Waals surface area contributed by atoms with Crippen LogP contribution in [-0.4, -0.2) is 47.0 Å². The Labute approximate surface area is 257 Å². The van der Waals surface area contributed by atoms with Gasteiger partial charge in [0.05, 0.1) is 33.7 Å². The van der Waals surface area contributed by atoms with Gasteiger partial charge in [-0.3, -0.25) is 14.5 Å². The van der Waals surface area contributed by atoms with Gasteiger partial charge in [0.1, 0.15) is 0 Å². The van der Waals surface area contributed by atoms with E-state index in [0.717, 1.165) is 39.0 Å². The van der Waals surface area contributed by atoms with Crippen LogP contribution in [0.15, 0.2) is 91.1 Å². The zero-order valence-corrected chi connectivity index (χ0v) is 24.7. The van der Waals surface area contributed by atoms with Gasteiger partial charge in [-0.05, 0) is 55.3 Å². The second kappa shape index (κ2) is 9.29. The lowest BCUT2D eigenvalue weighted by Gasteiger charge is -2.55. The van der Waals surface area contributed by atoms with E-state index in [2.05, 4.69) is 10.1 Å². The van der Waals surface area contributed by atoms with Crippen LogP contribution in [0.1, 0.15) is 51.7 Å².